The fraction of sp³-hybridized carbons (Fsp3) is 0.867. The number of hydrogen-bond acceptors (Lipinski definition) is 3. The minimum atomic E-state index is -0.381. The Morgan fingerprint density at radius 3 is 2.65 bits per heavy atom. The van der Waals surface area contributed by atoms with Gasteiger partial charge in [-0.3, -0.25) is 9.59 Å². The fourth-order valence-corrected chi connectivity index (χ4v) is 4.38. The average molecular weight is 279 g/mol. The molecule has 0 spiro atoms. The predicted molar refractivity (Wildman–Crippen MR) is 75.8 cm³/mol. The van der Waals surface area contributed by atoms with Crippen LogP contribution in [0.15, 0.2) is 0 Å². The van der Waals surface area contributed by atoms with Crippen LogP contribution in [0.5, 0.6) is 0 Å². The number of nitrogens with two attached hydrogens (primary N) is 1. The van der Waals surface area contributed by atoms with Crippen molar-refractivity contribution in [2.24, 2.45) is 17.6 Å². The molecule has 3 N–H and O–H groups in total. The highest BCUT2D eigenvalue weighted by atomic mass is 16.2. The lowest BCUT2D eigenvalue weighted by atomic mass is 9.71. The Morgan fingerprint density at radius 1 is 1.05 bits per heavy atom. The van der Waals surface area contributed by atoms with E-state index in [0.29, 0.717) is 18.4 Å². The van der Waals surface area contributed by atoms with Crippen LogP contribution in [0, 0.1) is 11.8 Å². The number of carbonyl (C=O) groups is 2. The predicted octanol–water partition coefficient (Wildman–Crippen LogP) is 0.631. The number of nitrogens with zero attached hydrogens (tertiary/aromatic N) is 1. The maximum absolute atomic E-state index is 12.8. The Bertz CT molecular complexity index is 397. The lowest BCUT2D eigenvalue weighted by Crippen LogP contribution is -2.58. The van der Waals surface area contributed by atoms with Crippen molar-refractivity contribution in [3.63, 3.8) is 0 Å². The van der Waals surface area contributed by atoms with Gasteiger partial charge in [0.25, 0.3) is 0 Å². The first-order chi connectivity index (χ1) is 9.68. The number of carbonyl (C=O) groups excluding carboxylic acids is 2. The van der Waals surface area contributed by atoms with E-state index < -0.39 is 0 Å². The van der Waals surface area contributed by atoms with E-state index in [4.69, 9.17) is 5.73 Å². The first-order valence-corrected chi connectivity index (χ1v) is 8.01. The van der Waals surface area contributed by atoms with E-state index in [1.807, 2.05) is 0 Å². The Balaban J connectivity index is 1.73. The molecule has 0 bridgehead atoms. The summed E-state index contributed by atoms with van der Waals surface area (Å²) in [7, 11) is 0. The number of amides is 2. The third-order valence-electron chi connectivity index (χ3n) is 5.41. The molecule has 0 aromatic carbocycles. The molecule has 3 rings (SSSR count). The first kappa shape index (κ1) is 13.9. The number of piperidine rings is 1. The Morgan fingerprint density at radius 2 is 1.85 bits per heavy atom. The van der Waals surface area contributed by atoms with Crippen molar-refractivity contribution < 1.29 is 9.59 Å². The Kier molecular flexibility index (Phi) is 3.96. The van der Waals surface area contributed by atoms with E-state index >= 15 is 0 Å². The van der Waals surface area contributed by atoms with Crippen LogP contribution < -0.4 is 11.1 Å². The number of fused-ring (bicyclic) bond motifs is 1. The summed E-state index contributed by atoms with van der Waals surface area (Å²) in [5, 5.41) is 3.41. The highest BCUT2D eigenvalue weighted by Crippen LogP contribution is 2.37. The van der Waals surface area contributed by atoms with Gasteiger partial charge in [-0.05, 0) is 44.1 Å². The molecule has 0 aromatic heterocycles. The molecule has 2 aliphatic heterocycles. The lowest BCUT2D eigenvalue weighted by molar-refractivity contribution is -0.141. The van der Waals surface area contributed by atoms with E-state index in [1.54, 1.807) is 4.90 Å². The monoisotopic (exact) mass is 279 g/mol. The highest BCUT2D eigenvalue weighted by Gasteiger charge is 2.43. The van der Waals surface area contributed by atoms with Crippen LogP contribution in [0.1, 0.15) is 44.9 Å². The van der Waals surface area contributed by atoms with Crippen molar-refractivity contribution in [1.29, 1.82) is 0 Å². The van der Waals surface area contributed by atoms with Gasteiger partial charge in [-0.15, -0.1) is 0 Å². The molecular weight excluding hydrogens is 254 g/mol. The summed E-state index contributed by atoms with van der Waals surface area (Å²) >= 11 is 0. The average Bonchev–Trinajstić information content (AvgIpc) is 2.95. The van der Waals surface area contributed by atoms with E-state index in [-0.39, 0.29) is 23.9 Å². The van der Waals surface area contributed by atoms with E-state index in [9.17, 15) is 9.59 Å². The molecule has 0 aromatic rings. The van der Waals surface area contributed by atoms with Crippen LogP contribution in [0.3, 0.4) is 0 Å². The van der Waals surface area contributed by atoms with Crippen molar-refractivity contribution in [2.45, 2.75) is 57.0 Å². The van der Waals surface area contributed by atoms with Gasteiger partial charge in [-0.2, -0.15) is 0 Å². The summed E-state index contributed by atoms with van der Waals surface area (Å²) in [5.41, 5.74) is 5.43. The lowest BCUT2D eigenvalue weighted by Gasteiger charge is -2.42. The second kappa shape index (κ2) is 5.72. The fourth-order valence-electron chi connectivity index (χ4n) is 4.38. The molecule has 3 fully saturated rings. The van der Waals surface area contributed by atoms with Crippen LogP contribution in [-0.4, -0.2) is 41.9 Å². The van der Waals surface area contributed by atoms with Gasteiger partial charge in [0.2, 0.25) is 11.8 Å². The van der Waals surface area contributed by atoms with Crippen molar-refractivity contribution in [2.75, 3.05) is 13.1 Å². The summed E-state index contributed by atoms with van der Waals surface area (Å²) in [6, 6.07) is -0.470. The zero-order chi connectivity index (χ0) is 14.1. The third-order valence-corrected chi connectivity index (χ3v) is 5.41. The number of likely N-dealkylation sites (tertiary alicyclic amines) is 1. The number of rotatable bonds is 2. The Labute approximate surface area is 120 Å². The standard InChI is InChI=1S/C15H25N3O2/c16-14(19)12-6-3-9-18(12)15(20)13-11-5-2-1-4-10(11)7-8-17-13/h10-13,17H,1-9H2,(H2,16,19)/t10-,11-,12-,13+/m0/s1. The third kappa shape index (κ3) is 2.43. The summed E-state index contributed by atoms with van der Waals surface area (Å²) in [4.78, 5) is 26.0. The molecule has 0 radical (unpaired) electrons. The molecule has 5 nitrogen and oxygen atoms in total. The minimum absolute atomic E-state index is 0.0889. The molecule has 20 heavy (non-hydrogen) atoms. The maximum Gasteiger partial charge on any atom is 0.240 e. The van der Waals surface area contributed by atoms with Gasteiger partial charge in [0.1, 0.15) is 6.04 Å². The minimum Gasteiger partial charge on any atom is -0.368 e. The number of primary amides is 1. The van der Waals surface area contributed by atoms with Crippen LogP contribution >= 0.6 is 0 Å². The molecule has 2 saturated heterocycles. The molecule has 112 valence electrons. The molecule has 0 unspecified atom stereocenters. The molecule has 1 aliphatic carbocycles. The molecule has 5 heteroatoms. The van der Waals surface area contributed by atoms with Crippen LogP contribution in [0.2, 0.25) is 0 Å². The normalized spacial score (nSPS) is 37.5. The van der Waals surface area contributed by atoms with E-state index in [0.717, 1.165) is 25.8 Å². The van der Waals surface area contributed by atoms with Gasteiger partial charge in [0, 0.05) is 6.54 Å². The molecule has 2 amide bonds. The molecule has 2 heterocycles. The van der Waals surface area contributed by atoms with Crippen LogP contribution in [0.25, 0.3) is 0 Å². The van der Waals surface area contributed by atoms with Gasteiger partial charge in [0.05, 0.1) is 6.04 Å². The second-order valence-electron chi connectivity index (χ2n) is 6.52. The second-order valence-corrected chi connectivity index (χ2v) is 6.52. The van der Waals surface area contributed by atoms with Gasteiger partial charge < -0.3 is 16.0 Å². The SMILES string of the molecule is NC(=O)[C@@H]1CCCN1C(=O)[C@@H]1NCC[C@@H]2CCCC[C@@H]21. The zero-order valence-corrected chi connectivity index (χ0v) is 12.0. The van der Waals surface area contributed by atoms with E-state index in [2.05, 4.69) is 5.32 Å². The number of hydrogen-bond donors (Lipinski definition) is 2. The van der Waals surface area contributed by atoms with Crippen LogP contribution in [-0.2, 0) is 9.59 Å². The van der Waals surface area contributed by atoms with Gasteiger partial charge in [-0.1, -0.05) is 19.3 Å². The van der Waals surface area contributed by atoms with Crippen molar-refractivity contribution in [3.05, 3.63) is 0 Å². The van der Waals surface area contributed by atoms with Gasteiger partial charge in [0.15, 0.2) is 0 Å². The zero-order valence-electron chi connectivity index (χ0n) is 12.0. The summed E-state index contributed by atoms with van der Waals surface area (Å²) in [5.74, 6) is 0.905. The summed E-state index contributed by atoms with van der Waals surface area (Å²) in [6.07, 6.45) is 7.73. The largest absolute Gasteiger partial charge is 0.368 e. The smallest absolute Gasteiger partial charge is 0.240 e. The van der Waals surface area contributed by atoms with Crippen molar-refractivity contribution in [3.8, 4) is 0 Å². The topological polar surface area (TPSA) is 75.4 Å². The molecular formula is C15H25N3O2. The molecule has 4 atom stereocenters. The molecule has 3 aliphatic rings. The first-order valence-electron chi connectivity index (χ1n) is 8.01. The van der Waals surface area contributed by atoms with Crippen molar-refractivity contribution in [1.82, 2.24) is 10.2 Å². The summed E-state index contributed by atoms with van der Waals surface area (Å²) in [6.45, 7) is 1.61. The maximum atomic E-state index is 12.8. The highest BCUT2D eigenvalue weighted by molar-refractivity contribution is 5.89. The van der Waals surface area contributed by atoms with E-state index in [1.165, 1.54) is 25.7 Å². The summed E-state index contributed by atoms with van der Waals surface area (Å²) < 4.78 is 0. The van der Waals surface area contributed by atoms with Crippen molar-refractivity contribution >= 4 is 11.8 Å². The Hall–Kier alpha value is -1.10. The van der Waals surface area contributed by atoms with Gasteiger partial charge >= 0.3 is 0 Å². The quantitative estimate of drug-likeness (QED) is 0.778. The number of nitrogens with one attached hydrogen (secondary N) is 1. The molecule has 1 saturated carbocycles. The van der Waals surface area contributed by atoms with Gasteiger partial charge in [-0.25, -0.2) is 0 Å². The van der Waals surface area contributed by atoms with Crippen LogP contribution in [0.4, 0.5) is 0 Å².